The first kappa shape index (κ1) is 31.2. The molecule has 1 aromatic heterocycles. The van der Waals surface area contributed by atoms with Crippen molar-refractivity contribution in [3.63, 3.8) is 0 Å². The maximum atomic E-state index is 13.4. The first-order valence-electron chi connectivity index (χ1n) is 12.0. The zero-order valence-electron chi connectivity index (χ0n) is 21.2. The quantitative estimate of drug-likeness (QED) is 0.103. The number of carbonyl (C=O) groups excluding carboxylic acids is 4. The summed E-state index contributed by atoms with van der Waals surface area (Å²) in [7, 11) is 0. The van der Waals surface area contributed by atoms with Crippen molar-refractivity contribution >= 4 is 35.6 Å². The predicted octanol–water partition coefficient (Wildman–Crippen LogP) is -2.49. The fourth-order valence-corrected chi connectivity index (χ4v) is 3.53. The normalized spacial score (nSPS) is 13.7. The first-order chi connectivity index (χ1) is 18.8. The lowest BCUT2D eigenvalue weighted by molar-refractivity contribution is -0.147. The summed E-state index contributed by atoms with van der Waals surface area (Å²) in [6, 6.07) is 0.0803. The van der Waals surface area contributed by atoms with Crippen molar-refractivity contribution in [2.24, 2.45) is 11.5 Å². The largest absolute Gasteiger partial charge is 0.508 e. The summed E-state index contributed by atoms with van der Waals surface area (Å²) in [6.07, 6.45) is 1.24. The van der Waals surface area contributed by atoms with E-state index in [1.807, 2.05) is 0 Å². The van der Waals surface area contributed by atoms with Crippen LogP contribution in [-0.4, -0.2) is 85.0 Å². The van der Waals surface area contributed by atoms with E-state index < -0.39 is 66.2 Å². The average Bonchev–Trinajstić information content (AvgIpc) is 3.40. The molecule has 0 fully saturated rings. The highest BCUT2D eigenvalue weighted by Crippen LogP contribution is 2.12. The lowest BCUT2D eigenvalue weighted by atomic mass is 10.0. The molecule has 0 radical (unpaired) electrons. The Morgan fingerprint density at radius 2 is 1.45 bits per heavy atom. The second-order valence-corrected chi connectivity index (χ2v) is 8.88. The van der Waals surface area contributed by atoms with Crippen molar-refractivity contribution in [1.29, 1.82) is 0 Å². The Bertz CT molecular complexity index is 1200. The molecular formula is C24H31N7O9. The molecule has 11 N–H and O–H groups in total. The van der Waals surface area contributed by atoms with Gasteiger partial charge in [-0.3, -0.25) is 24.0 Å². The van der Waals surface area contributed by atoms with E-state index in [2.05, 4.69) is 25.9 Å². The molecule has 0 aliphatic carbocycles. The highest BCUT2D eigenvalue weighted by molar-refractivity contribution is 5.95. The zero-order chi connectivity index (χ0) is 29.8. The number of nitrogens with one attached hydrogen (secondary N) is 4. The number of H-pyrrole nitrogens is 1. The molecule has 0 spiro atoms. The number of phenolic OH excluding ortho intramolecular Hbond substituents is 1. The van der Waals surface area contributed by atoms with Crippen LogP contribution < -0.4 is 27.4 Å². The van der Waals surface area contributed by atoms with Gasteiger partial charge in [-0.15, -0.1) is 0 Å². The lowest BCUT2D eigenvalue weighted by Gasteiger charge is -2.25. The number of nitrogens with zero attached hydrogens (tertiary/aromatic N) is 1. The third-order valence-electron chi connectivity index (χ3n) is 5.65. The molecule has 16 heteroatoms. The van der Waals surface area contributed by atoms with E-state index in [1.165, 1.54) is 36.8 Å². The van der Waals surface area contributed by atoms with Crippen LogP contribution in [0.4, 0.5) is 0 Å². The minimum Gasteiger partial charge on any atom is -0.508 e. The van der Waals surface area contributed by atoms with Crippen LogP contribution in [0.25, 0.3) is 0 Å². The molecule has 0 saturated heterocycles. The number of amides is 4. The van der Waals surface area contributed by atoms with Gasteiger partial charge in [0.1, 0.15) is 23.9 Å². The Morgan fingerprint density at radius 1 is 0.875 bits per heavy atom. The van der Waals surface area contributed by atoms with E-state index in [-0.39, 0.29) is 31.4 Å². The number of aromatic nitrogens is 2. The number of aliphatic carboxylic acids is 2. The van der Waals surface area contributed by atoms with Gasteiger partial charge in [0.2, 0.25) is 23.6 Å². The van der Waals surface area contributed by atoms with Gasteiger partial charge in [0.25, 0.3) is 0 Å². The standard InChI is InChI=1S/C24H31N7O9/c25-15(5-6-19(26)33)21(36)29-16(7-12-1-3-14(32)4-2-12)22(37)30-17(8-13-10-27-11-28-13)23(38)31-18(24(39)40)9-20(34)35/h1-4,10-11,15-18,32H,5-9,25H2,(H2,26,33)(H,27,28)(H,29,36)(H,30,37)(H,31,38)(H,34,35)(H,39,40). The number of carboxylic acid groups (broad SMARTS) is 2. The average molecular weight is 562 g/mol. The molecule has 4 amide bonds. The highest BCUT2D eigenvalue weighted by Gasteiger charge is 2.31. The van der Waals surface area contributed by atoms with Gasteiger partial charge < -0.3 is 47.7 Å². The minimum absolute atomic E-state index is 0.0344. The Hall–Kier alpha value is -4.99. The van der Waals surface area contributed by atoms with Gasteiger partial charge >= 0.3 is 11.9 Å². The number of hydrogen-bond donors (Lipinski definition) is 9. The third kappa shape index (κ3) is 10.4. The predicted molar refractivity (Wildman–Crippen MR) is 136 cm³/mol. The molecule has 216 valence electrons. The SMILES string of the molecule is NC(=O)CCC(N)C(=O)NC(Cc1ccc(O)cc1)C(=O)NC(Cc1cnc[nH]1)C(=O)NC(CC(=O)O)C(=O)O. The number of hydrogen-bond acceptors (Lipinski definition) is 9. The molecule has 2 aromatic rings. The van der Waals surface area contributed by atoms with Crippen molar-refractivity contribution in [2.45, 2.75) is 56.3 Å². The highest BCUT2D eigenvalue weighted by atomic mass is 16.4. The number of benzene rings is 1. The van der Waals surface area contributed by atoms with Gasteiger partial charge in [-0.2, -0.15) is 0 Å². The fourth-order valence-electron chi connectivity index (χ4n) is 3.53. The Kier molecular flexibility index (Phi) is 11.6. The van der Waals surface area contributed by atoms with Gasteiger partial charge in [0, 0.05) is 31.2 Å². The molecule has 0 bridgehead atoms. The molecule has 4 unspecified atom stereocenters. The van der Waals surface area contributed by atoms with Crippen molar-refractivity contribution in [3.8, 4) is 5.75 Å². The molecule has 16 nitrogen and oxygen atoms in total. The monoisotopic (exact) mass is 561 g/mol. The maximum absolute atomic E-state index is 13.4. The molecule has 0 aliphatic rings. The van der Waals surface area contributed by atoms with Gasteiger partial charge in [-0.25, -0.2) is 9.78 Å². The van der Waals surface area contributed by atoms with Crippen LogP contribution in [0.3, 0.4) is 0 Å². The van der Waals surface area contributed by atoms with E-state index in [0.29, 0.717) is 11.3 Å². The van der Waals surface area contributed by atoms with E-state index in [4.69, 9.17) is 16.6 Å². The van der Waals surface area contributed by atoms with Crippen LogP contribution in [0.5, 0.6) is 5.75 Å². The van der Waals surface area contributed by atoms with Gasteiger partial charge in [0.05, 0.1) is 18.8 Å². The maximum Gasteiger partial charge on any atom is 0.326 e. The van der Waals surface area contributed by atoms with Crippen molar-refractivity contribution in [3.05, 3.63) is 48.0 Å². The summed E-state index contributed by atoms with van der Waals surface area (Å²) < 4.78 is 0. The van der Waals surface area contributed by atoms with Crippen LogP contribution >= 0.6 is 0 Å². The molecule has 4 atom stereocenters. The van der Waals surface area contributed by atoms with Crippen LogP contribution in [0, 0.1) is 0 Å². The van der Waals surface area contributed by atoms with Crippen molar-refractivity contribution in [2.75, 3.05) is 0 Å². The van der Waals surface area contributed by atoms with Crippen molar-refractivity contribution in [1.82, 2.24) is 25.9 Å². The van der Waals surface area contributed by atoms with Crippen LogP contribution in [0.15, 0.2) is 36.8 Å². The van der Waals surface area contributed by atoms with E-state index >= 15 is 0 Å². The summed E-state index contributed by atoms with van der Waals surface area (Å²) in [5.41, 5.74) is 11.8. The van der Waals surface area contributed by atoms with Crippen LogP contribution in [0.1, 0.15) is 30.5 Å². The summed E-state index contributed by atoms with van der Waals surface area (Å²) in [6.45, 7) is 0. The summed E-state index contributed by atoms with van der Waals surface area (Å²) in [5.74, 6) is -6.39. The van der Waals surface area contributed by atoms with Crippen LogP contribution in [0.2, 0.25) is 0 Å². The summed E-state index contributed by atoms with van der Waals surface area (Å²) >= 11 is 0. The van der Waals surface area contributed by atoms with Crippen molar-refractivity contribution < 1.29 is 44.1 Å². The van der Waals surface area contributed by atoms with Gasteiger partial charge in [-0.05, 0) is 24.1 Å². The van der Waals surface area contributed by atoms with E-state index in [1.54, 1.807) is 0 Å². The Balaban J connectivity index is 2.28. The number of carbonyl (C=O) groups is 6. The molecule has 40 heavy (non-hydrogen) atoms. The van der Waals surface area contributed by atoms with Gasteiger partial charge in [-0.1, -0.05) is 12.1 Å². The molecule has 1 heterocycles. The number of nitrogens with two attached hydrogens (primary N) is 2. The Morgan fingerprint density at radius 3 is 1.98 bits per heavy atom. The Labute approximate surface area is 227 Å². The smallest absolute Gasteiger partial charge is 0.326 e. The molecule has 2 rings (SSSR count). The summed E-state index contributed by atoms with van der Waals surface area (Å²) in [5, 5.41) is 34.9. The molecule has 0 aliphatic heterocycles. The lowest BCUT2D eigenvalue weighted by Crippen LogP contribution is -2.58. The number of carboxylic acids is 2. The fraction of sp³-hybridized carbons (Fsp3) is 0.375. The molecule has 0 saturated carbocycles. The topological polar surface area (TPSA) is 280 Å². The number of rotatable bonds is 16. The third-order valence-corrected chi connectivity index (χ3v) is 5.65. The van der Waals surface area contributed by atoms with Crippen LogP contribution in [-0.2, 0) is 41.6 Å². The number of aromatic hydroxyl groups is 1. The van der Waals surface area contributed by atoms with E-state index in [9.17, 15) is 39.0 Å². The number of imidazole rings is 1. The summed E-state index contributed by atoms with van der Waals surface area (Å²) in [4.78, 5) is 79.2. The minimum atomic E-state index is -1.78. The number of primary amides is 1. The number of aromatic amines is 1. The van der Waals surface area contributed by atoms with E-state index in [0.717, 1.165) is 0 Å². The molecule has 1 aromatic carbocycles. The zero-order valence-corrected chi connectivity index (χ0v) is 21.2. The second kappa shape index (κ2) is 14.8. The van der Waals surface area contributed by atoms with Gasteiger partial charge in [0.15, 0.2) is 0 Å². The first-order valence-corrected chi connectivity index (χ1v) is 12.0. The second-order valence-electron chi connectivity index (χ2n) is 8.88. The number of phenols is 1. The molecular weight excluding hydrogens is 530 g/mol.